The minimum absolute atomic E-state index is 0.164. The highest BCUT2D eigenvalue weighted by atomic mass is 16.6. The molecule has 1 aromatic carbocycles. The van der Waals surface area contributed by atoms with E-state index < -0.39 is 29.8 Å². The van der Waals surface area contributed by atoms with Crippen LogP contribution in [0.1, 0.15) is 45.2 Å². The second kappa shape index (κ2) is 8.41. The van der Waals surface area contributed by atoms with Crippen LogP contribution in [0.3, 0.4) is 0 Å². The molecule has 140 valence electrons. The minimum atomic E-state index is -0.918. The summed E-state index contributed by atoms with van der Waals surface area (Å²) < 4.78 is 10.7. The SMILES string of the molecule is CC(=O)OC(c1nn[nH]n1)C(Cc1ccccc1)NC(=O)OC(C)(C)C. The van der Waals surface area contributed by atoms with Crippen molar-refractivity contribution in [2.75, 3.05) is 0 Å². The Kier molecular flexibility index (Phi) is 6.26. The second-order valence-corrected chi connectivity index (χ2v) is 6.74. The van der Waals surface area contributed by atoms with Crippen molar-refractivity contribution >= 4 is 12.1 Å². The average Bonchev–Trinajstić information content (AvgIpc) is 3.05. The number of hydrogen-bond acceptors (Lipinski definition) is 7. The number of nitrogens with one attached hydrogen (secondary N) is 2. The monoisotopic (exact) mass is 361 g/mol. The molecule has 2 atom stereocenters. The molecule has 0 aliphatic carbocycles. The maximum absolute atomic E-state index is 12.3. The number of amides is 1. The predicted molar refractivity (Wildman–Crippen MR) is 92.0 cm³/mol. The normalized spacial score (nSPS) is 13.5. The van der Waals surface area contributed by atoms with E-state index in [0.29, 0.717) is 6.42 Å². The van der Waals surface area contributed by atoms with Crippen LogP contribution in [-0.4, -0.2) is 44.3 Å². The fourth-order valence-electron chi connectivity index (χ4n) is 2.34. The lowest BCUT2D eigenvalue weighted by Crippen LogP contribution is -2.44. The summed E-state index contributed by atoms with van der Waals surface area (Å²) in [7, 11) is 0. The highest BCUT2D eigenvalue weighted by molar-refractivity contribution is 5.69. The van der Waals surface area contributed by atoms with E-state index >= 15 is 0 Å². The van der Waals surface area contributed by atoms with E-state index in [1.165, 1.54) is 6.92 Å². The molecule has 0 saturated heterocycles. The van der Waals surface area contributed by atoms with Crippen molar-refractivity contribution in [1.82, 2.24) is 25.9 Å². The van der Waals surface area contributed by atoms with Gasteiger partial charge in [0.25, 0.3) is 0 Å². The van der Waals surface area contributed by atoms with E-state index in [1.807, 2.05) is 30.3 Å². The molecule has 2 rings (SSSR count). The zero-order chi connectivity index (χ0) is 19.2. The van der Waals surface area contributed by atoms with E-state index in [0.717, 1.165) is 5.56 Å². The fraction of sp³-hybridized carbons (Fsp3) is 0.471. The number of rotatable bonds is 6. The summed E-state index contributed by atoms with van der Waals surface area (Å²) in [6.45, 7) is 6.57. The maximum atomic E-state index is 12.3. The van der Waals surface area contributed by atoms with Gasteiger partial charge >= 0.3 is 12.1 Å². The van der Waals surface area contributed by atoms with Gasteiger partial charge in [-0.15, -0.1) is 10.2 Å². The molecule has 9 nitrogen and oxygen atoms in total. The fourth-order valence-corrected chi connectivity index (χ4v) is 2.34. The molecule has 0 fully saturated rings. The number of tetrazole rings is 1. The number of ether oxygens (including phenoxy) is 2. The van der Waals surface area contributed by atoms with Crippen LogP contribution in [0.4, 0.5) is 4.79 Å². The van der Waals surface area contributed by atoms with Crippen LogP contribution in [0.25, 0.3) is 0 Å². The molecule has 2 aromatic rings. The standard InChI is InChI=1S/C17H23N5O4/c1-11(23)25-14(15-19-21-22-20-15)13(10-12-8-6-5-7-9-12)18-16(24)26-17(2,3)4/h5-9,13-14H,10H2,1-4H3,(H,18,24)(H,19,20,21,22). The lowest BCUT2D eigenvalue weighted by atomic mass is 10.0. The van der Waals surface area contributed by atoms with E-state index in [1.54, 1.807) is 20.8 Å². The Labute approximate surface area is 151 Å². The molecule has 0 spiro atoms. The van der Waals surface area contributed by atoms with Gasteiger partial charge in [0.15, 0.2) is 6.10 Å². The Morgan fingerprint density at radius 2 is 1.92 bits per heavy atom. The number of alkyl carbamates (subject to hydrolysis) is 1. The summed E-state index contributed by atoms with van der Waals surface area (Å²) in [5.41, 5.74) is 0.277. The Hall–Kier alpha value is -2.97. The van der Waals surface area contributed by atoms with Crippen molar-refractivity contribution < 1.29 is 19.1 Å². The van der Waals surface area contributed by atoms with Gasteiger partial charge in [0.2, 0.25) is 5.82 Å². The number of aromatic amines is 1. The average molecular weight is 361 g/mol. The molecule has 2 unspecified atom stereocenters. The minimum Gasteiger partial charge on any atom is -0.452 e. The van der Waals surface area contributed by atoms with Crippen LogP contribution >= 0.6 is 0 Å². The molecule has 0 bridgehead atoms. The van der Waals surface area contributed by atoms with Crippen LogP contribution in [0.15, 0.2) is 30.3 Å². The smallest absolute Gasteiger partial charge is 0.408 e. The summed E-state index contributed by atoms with van der Waals surface area (Å²) in [6.07, 6.45) is -1.16. The van der Waals surface area contributed by atoms with Gasteiger partial charge < -0.3 is 14.8 Å². The third kappa shape index (κ3) is 6.15. The van der Waals surface area contributed by atoms with Gasteiger partial charge in [-0.2, -0.15) is 5.21 Å². The lowest BCUT2D eigenvalue weighted by molar-refractivity contribution is -0.148. The molecule has 0 radical (unpaired) electrons. The molecule has 2 N–H and O–H groups in total. The Morgan fingerprint density at radius 1 is 1.23 bits per heavy atom. The molecule has 1 amide bonds. The molecule has 0 saturated carbocycles. The molecule has 0 aliphatic heterocycles. The summed E-state index contributed by atoms with van der Waals surface area (Å²) >= 11 is 0. The molecule has 0 aliphatic rings. The van der Waals surface area contributed by atoms with Gasteiger partial charge in [0, 0.05) is 6.92 Å². The van der Waals surface area contributed by atoms with Gasteiger partial charge in [-0.25, -0.2) is 4.79 Å². The van der Waals surface area contributed by atoms with Crippen molar-refractivity contribution in [3.8, 4) is 0 Å². The summed E-state index contributed by atoms with van der Waals surface area (Å²) in [4.78, 5) is 23.8. The highest BCUT2D eigenvalue weighted by Gasteiger charge is 2.32. The molecular weight excluding hydrogens is 338 g/mol. The first kappa shape index (κ1) is 19.4. The molecular formula is C17H23N5O4. The summed E-state index contributed by atoms with van der Waals surface area (Å²) in [5.74, 6) is -0.360. The largest absolute Gasteiger partial charge is 0.452 e. The van der Waals surface area contributed by atoms with Crippen molar-refractivity contribution in [3.05, 3.63) is 41.7 Å². The van der Waals surface area contributed by atoms with Gasteiger partial charge in [0.05, 0.1) is 6.04 Å². The number of carbonyl (C=O) groups excluding carboxylic acids is 2. The van der Waals surface area contributed by atoms with Gasteiger partial charge in [-0.1, -0.05) is 35.5 Å². The van der Waals surface area contributed by atoms with Crippen LogP contribution < -0.4 is 5.32 Å². The first-order chi connectivity index (χ1) is 12.2. The number of hydrogen-bond donors (Lipinski definition) is 2. The second-order valence-electron chi connectivity index (χ2n) is 6.74. The first-order valence-electron chi connectivity index (χ1n) is 8.18. The zero-order valence-corrected chi connectivity index (χ0v) is 15.2. The van der Waals surface area contributed by atoms with Crippen molar-refractivity contribution in [3.63, 3.8) is 0 Å². The predicted octanol–water partition coefficient (Wildman–Crippen LogP) is 1.94. The van der Waals surface area contributed by atoms with Crippen LogP contribution in [0, 0.1) is 0 Å². The van der Waals surface area contributed by atoms with E-state index in [2.05, 4.69) is 25.9 Å². The van der Waals surface area contributed by atoms with E-state index in [-0.39, 0.29) is 5.82 Å². The zero-order valence-electron chi connectivity index (χ0n) is 15.2. The number of nitrogens with zero attached hydrogens (tertiary/aromatic N) is 3. The molecule has 1 heterocycles. The molecule has 9 heteroatoms. The number of carbonyl (C=O) groups is 2. The third-order valence-electron chi connectivity index (χ3n) is 3.28. The molecule has 26 heavy (non-hydrogen) atoms. The topological polar surface area (TPSA) is 119 Å². The highest BCUT2D eigenvalue weighted by Crippen LogP contribution is 2.21. The maximum Gasteiger partial charge on any atom is 0.408 e. The molecule has 1 aromatic heterocycles. The van der Waals surface area contributed by atoms with Crippen molar-refractivity contribution in [2.45, 2.75) is 51.9 Å². The Morgan fingerprint density at radius 3 is 2.46 bits per heavy atom. The van der Waals surface area contributed by atoms with Crippen LogP contribution in [0.5, 0.6) is 0 Å². The first-order valence-corrected chi connectivity index (χ1v) is 8.18. The van der Waals surface area contributed by atoms with Crippen molar-refractivity contribution in [1.29, 1.82) is 0 Å². The lowest BCUT2D eigenvalue weighted by Gasteiger charge is -2.27. The van der Waals surface area contributed by atoms with Gasteiger partial charge in [-0.3, -0.25) is 4.79 Å². The van der Waals surface area contributed by atoms with Crippen LogP contribution in [0.2, 0.25) is 0 Å². The number of esters is 1. The number of H-pyrrole nitrogens is 1. The summed E-state index contributed by atoms with van der Waals surface area (Å²) in [5, 5.41) is 16.4. The Bertz CT molecular complexity index is 713. The van der Waals surface area contributed by atoms with E-state index in [9.17, 15) is 9.59 Å². The Balaban J connectivity index is 2.27. The van der Waals surface area contributed by atoms with E-state index in [4.69, 9.17) is 9.47 Å². The summed E-state index contributed by atoms with van der Waals surface area (Å²) in [6, 6.07) is 8.83. The van der Waals surface area contributed by atoms with Crippen molar-refractivity contribution in [2.24, 2.45) is 0 Å². The van der Waals surface area contributed by atoms with Crippen LogP contribution in [-0.2, 0) is 20.7 Å². The number of aromatic nitrogens is 4. The quantitative estimate of drug-likeness (QED) is 0.755. The van der Waals surface area contributed by atoms with Gasteiger partial charge in [-0.05, 0) is 32.8 Å². The number of benzene rings is 1. The van der Waals surface area contributed by atoms with Gasteiger partial charge in [0.1, 0.15) is 5.60 Å². The third-order valence-corrected chi connectivity index (χ3v) is 3.28.